The number of halogens is 4. The van der Waals surface area contributed by atoms with Crippen LogP contribution in [0.1, 0.15) is 12.6 Å². The normalized spacial score (nSPS) is 12.4. The van der Waals surface area contributed by atoms with E-state index in [0.29, 0.717) is 21.8 Å². The molecule has 0 saturated heterocycles. The summed E-state index contributed by atoms with van der Waals surface area (Å²) < 4.78 is 66.4. The van der Waals surface area contributed by atoms with Crippen molar-refractivity contribution in [3.63, 3.8) is 0 Å². The second-order valence-corrected chi connectivity index (χ2v) is 9.51. The summed E-state index contributed by atoms with van der Waals surface area (Å²) in [7, 11) is -2.24. The van der Waals surface area contributed by atoms with E-state index in [2.05, 4.69) is 19.9 Å². The zero-order valence-electron chi connectivity index (χ0n) is 16.7. The van der Waals surface area contributed by atoms with Gasteiger partial charge in [0.2, 0.25) is 0 Å². The number of sulfone groups is 1. The van der Waals surface area contributed by atoms with Gasteiger partial charge in [-0.2, -0.15) is 13.2 Å². The molecule has 12 heteroatoms. The fourth-order valence-electron chi connectivity index (χ4n) is 3.19. The molecule has 0 aliphatic rings. The summed E-state index contributed by atoms with van der Waals surface area (Å²) >= 11 is 6.19. The predicted octanol–water partition coefficient (Wildman–Crippen LogP) is 4.56. The first kappa shape index (κ1) is 22.2. The van der Waals surface area contributed by atoms with Crippen molar-refractivity contribution < 1.29 is 21.6 Å². The molecule has 32 heavy (non-hydrogen) atoms. The highest BCUT2D eigenvalue weighted by atomic mass is 35.5. The van der Waals surface area contributed by atoms with Gasteiger partial charge in [-0.15, -0.1) is 0 Å². The van der Waals surface area contributed by atoms with Crippen molar-refractivity contribution in [2.24, 2.45) is 7.05 Å². The van der Waals surface area contributed by atoms with Crippen LogP contribution in [-0.2, 0) is 23.1 Å². The van der Waals surface area contributed by atoms with Gasteiger partial charge in [0.05, 0.1) is 38.6 Å². The number of pyridine rings is 3. The number of fused-ring (bicyclic) bond motifs is 1. The molecular formula is C20H15ClF3N5O2S. The van der Waals surface area contributed by atoms with Crippen molar-refractivity contribution in [1.82, 2.24) is 24.5 Å². The molecular weight excluding hydrogens is 467 g/mol. The Bertz CT molecular complexity index is 1450. The molecule has 0 fully saturated rings. The molecule has 4 aromatic heterocycles. The Morgan fingerprint density at radius 2 is 1.84 bits per heavy atom. The minimum Gasteiger partial charge on any atom is -0.324 e. The molecule has 0 radical (unpaired) electrons. The molecule has 0 spiro atoms. The van der Waals surface area contributed by atoms with Gasteiger partial charge in [0.25, 0.3) is 0 Å². The minimum atomic E-state index is -4.63. The summed E-state index contributed by atoms with van der Waals surface area (Å²) in [6.45, 7) is 1.48. The van der Waals surface area contributed by atoms with Gasteiger partial charge >= 0.3 is 6.18 Å². The summed E-state index contributed by atoms with van der Waals surface area (Å²) in [4.78, 5) is 16.1. The number of rotatable bonds is 4. The third-order valence-electron chi connectivity index (χ3n) is 4.87. The average molecular weight is 482 g/mol. The van der Waals surface area contributed by atoms with Crippen molar-refractivity contribution in [2.45, 2.75) is 18.0 Å². The summed E-state index contributed by atoms with van der Waals surface area (Å²) in [5.74, 6) is -0.128. The monoisotopic (exact) mass is 481 g/mol. The molecule has 0 saturated carbocycles. The van der Waals surface area contributed by atoms with Crippen LogP contribution in [0.25, 0.3) is 33.8 Å². The fraction of sp³-hybridized carbons (Fsp3) is 0.200. The topological polar surface area (TPSA) is 90.6 Å². The lowest BCUT2D eigenvalue weighted by Gasteiger charge is -2.11. The van der Waals surface area contributed by atoms with Crippen LogP contribution in [0.4, 0.5) is 13.2 Å². The maximum absolute atomic E-state index is 13.0. The number of nitrogens with zero attached hydrogens (tertiary/aromatic N) is 5. The standard InChI is InChI=1S/C20H15ClF3N5O2S/c1-3-32(30,31)15-7-11(17-12(21)5-4-6-25-17)9-27-18(15)19-28-13-8-16(20(22,23)24)26-10-14(13)29(19)2/h4-10H,3H2,1-2H3. The number of imidazole rings is 1. The van der Waals surface area contributed by atoms with Crippen molar-refractivity contribution in [3.05, 3.63) is 53.6 Å². The number of hydrogen-bond acceptors (Lipinski definition) is 6. The van der Waals surface area contributed by atoms with Gasteiger partial charge < -0.3 is 4.57 Å². The lowest BCUT2D eigenvalue weighted by Crippen LogP contribution is -2.09. The molecule has 0 aromatic carbocycles. The molecule has 7 nitrogen and oxygen atoms in total. The second-order valence-electron chi connectivity index (χ2n) is 6.86. The maximum atomic E-state index is 13.0. The first-order valence-corrected chi connectivity index (χ1v) is 11.3. The first-order chi connectivity index (χ1) is 15.0. The molecule has 4 rings (SSSR count). The molecule has 0 aliphatic carbocycles. The Hall–Kier alpha value is -3.05. The van der Waals surface area contributed by atoms with E-state index in [9.17, 15) is 21.6 Å². The van der Waals surface area contributed by atoms with Crippen molar-refractivity contribution in [2.75, 3.05) is 5.75 Å². The van der Waals surface area contributed by atoms with Gasteiger partial charge in [0.15, 0.2) is 15.7 Å². The third-order valence-corrected chi connectivity index (χ3v) is 6.92. The van der Waals surface area contributed by atoms with Crippen LogP contribution in [0.3, 0.4) is 0 Å². The van der Waals surface area contributed by atoms with Crippen LogP contribution < -0.4 is 0 Å². The van der Waals surface area contributed by atoms with Crippen LogP contribution in [0.15, 0.2) is 47.8 Å². The molecule has 166 valence electrons. The molecule has 0 amide bonds. The largest absolute Gasteiger partial charge is 0.433 e. The Kier molecular flexibility index (Phi) is 5.41. The molecule has 4 heterocycles. The van der Waals surface area contributed by atoms with E-state index in [1.54, 1.807) is 19.2 Å². The van der Waals surface area contributed by atoms with E-state index in [-0.39, 0.29) is 27.7 Å². The highest BCUT2D eigenvalue weighted by molar-refractivity contribution is 7.91. The Labute approximate surface area is 185 Å². The number of aromatic nitrogens is 5. The molecule has 0 N–H and O–H groups in total. The van der Waals surface area contributed by atoms with Crippen LogP contribution in [0, 0.1) is 0 Å². The van der Waals surface area contributed by atoms with E-state index in [4.69, 9.17) is 11.6 Å². The smallest absolute Gasteiger partial charge is 0.324 e. The first-order valence-electron chi connectivity index (χ1n) is 9.26. The van der Waals surface area contributed by atoms with E-state index in [1.165, 1.54) is 30.0 Å². The van der Waals surface area contributed by atoms with Gasteiger partial charge in [-0.3, -0.25) is 9.97 Å². The van der Waals surface area contributed by atoms with Gasteiger partial charge in [-0.05, 0) is 24.3 Å². The Balaban J connectivity index is 1.96. The molecule has 0 bridgehead atoms. The molecule has 0 aliphatic heterocycles. The SMILES string of the molecule is CCS(=O)(=O)c1cc(-c2ncccc2Cl)cnc1-c1nc2cc(C(F)(F)F)ncc2n1C. The highest BCUT2D eigenvalue weighted by Gasteiger charge is 2.33. The lowest BCUT2D eigenvalue weighted by atomic mass is 10.1. The van der Waals surface area contributed by atoms with Gasteiger partial charge in [-0.1, -0.05) is 18.5 Å². The summed E-state index contributed by atoms with van der Waals surface area (Å²) in [5.41, 5.74) is -0.0372. The van der Waals surface area contributed by atoms with Crippen molar-refractivity contribution in [3.8, 4) is 22.8 Å². The predicted molar refractivity (Wildman–Crippen MR) is 113 cm³/mol. The van der Waals surface area contributed by atoms with Crippen molar-refractivity contribution in [1.29, 1.82) is 0 Å². The average Bonchev–Trinajstić information content (AvgIpc) is 3.09. The van der Waals surface area contributed by atoms with E-state index >= 15 is 0 Å². The summed E-state index contributed by atoms with van der Waals surface area (Å²) in [6.07, 6.45) is -0.675. The molecule has 4 aromatic rings. The third kappa shape index (κ3) is 3.82. The van der Waals surface area contributed by atoms with E-state index in [0.717, 1.165) is 12.3 Å². The quantitative estimate of drug-likeness (QED) is 0.424. The van der Waals surface area contributed by atoms with Crippen LogP contribution >= 0.6 is 11.6 Å². The van der Waals surface area contributed by atoms with Crippen LogP contribution in [-0.4, -0.2) is 38.7 Å². The van der Waals surface area contributed by atoms with Gasteiger partial charge in [0, 0.05) is 25.0 Å². The molecule has 0 atom stereocenters. The Morgan fingerprint density at radius 3 is 2.50 bits per heavy atom. The maximum Gasteiger partial charge on any atom is 0.433 e. The van der Waals surface area contributed by atoms with Gasteiger partial charge in [0.1, 0.15) is 11.4 Å². The van der Waals surface area contributed by atoms with Crippen molar-refractivity contribution >= 4 is 32.5 Å². The van der Waals surface area contributed by atoms with E-state index < -0.39 is 21.7 Å². The second kappa shape index (κ2) is 7.82. The van der Waals surface area contributed by atoms with Crippen LogP contribution in [0.2, 0.25) is 5.02 Å². The highest BCUT2D eigenvalue weighted by Crippen LogP contribution is 2.34. The fourth-order valence-corrected chi connectivity index (χ4v) is 4.47. The number of alkyl halides is 3. The van der Waals surface area contributed by atoms with Gasteiger partial charge in [-0.25, -0.2) is 18.4 Å². The summed E-state index contributed by atoms with van der Waals surface area (Å²) in [5, 5.41) is 0.315. The van der Waals surface area contributed by atoms with Crippen LogP contribution in [0.5, 0.6) is 0 Å². The number of aryl methyl sites for hydroxylation is 1. The summed E-state index contributed by atoms with van der Waals surface area (Å²) in [6, 6.07) is 5.46. The number of hydrogen-bond donors (Lipinski definition) is 0. The molecule has 0 unspecified atom stereocenters. The van der Waals surface area contributed by atoms with E-state index in [1.807, 2.05) is 0 Å². The zero-order valence-corrected chi connectivity index (χ0v) is 18.3. The Morgan fingerprint density at radius 1 is 1.09 bits per heavy atom. The zero-order chi connectivity index (χ0) is 23.3. The lowest BCUT2D eigenvalue weighted by molar-refractivity contribution is -0.141. The minimum absolute atomic E-state index is 0.00918.